The molecule has 1 aromatic carbocycles. The first-order valence-corrected chi connectivity index (χ1v) is 8.50. The number of carbonyl (C=O) groups excluding carboxylic acids is 1. The highest BCUT2D eigenvalue weighted by Crippen LogP contribution is 2.20. The Morgan fingerprint density at radius 2 is 1.92 bits per heavy atom. The van der Waals surface area contributed by atoms with Gasteiger partial charge in [-0.25, -0.2) is 9.37 Å². The van der Waals surface area contributed by atoms with Crippen molar-refractivity contribution >= 4 is 17.8 Å². The predicted octanol–water partition coefficient (Wildman–Crippen LogP) is 3.36. The lowest BCUT2D eigenvalue weighted by molar-refractivity contribution is -0.127. The van der Waals surface area contributed by atoms with Gasteiger partial charge in [-0.05, 0) is 48.7 Å². The second-order valence-corrected chi connectivity index (χ2v) is 6.24. The first-order valence-electron chi connectivity index (χ1n) is 8.50. The fourth-order valence-corrected chi connectivity index (χ4v) is 3.06. The average molecular weight is 339 g/mol. The number of rotatable bonds is 4. The van der Waals surface area contributed by atoms with Crippen molar-refractivity contribution in [3.63, 3.8) is 0 Å². The molecule has 4 nitrogen and oxygen atoms in total. The van der Waals surface area contributed by atoms with Crippen molar-refractivity contribution in [3.8, 4) is 0 Å². The van der Waals surface area contributed by atoms with Crippen LogP contribution in [0.25, 0.3) is 6.08 Å². The average Bonchev–Trinajstić information content (AvgIpc) is 2.67. The van der Waals surface area contributed by atoms with E-state index in [0.717, 1.165) is 37.3 Å². The maximum Gasteiger partial charge on any atom is 0.246 e. The van der Waals surface area contributed by atoms with Gasteiger partial charge in [0, 0.05) is 38.5 Å². The van der Waals surface area contributed by atoms with E-state index in [1.807, 2.05) is 25.2 Å². The van der Waals surface area contributed by atoms with E-state index in [4.69, 9.17) is 0 Å². The van der Waals surface area contributed by atoms with E-state index in [0.29, 0.717) is 0 Å². The van der Waals surface area contributed by atoms with Gasteiger partial charge >= 0.3 is 0 Å². The minimum absolute atomic E-state index is 0.0272. The number of hydrogen-bond donors (Lipinski definition) is 0. The molecule has 0 unspecified atom stereocenters. The van der Waals surface area contributed by atoms with Crippen LogP contribution in [0.2, 0.25) is 0 Å². The third-order valence-corrected chi connectivity index (χ3v) is 4.62. The molecule has 0 atom stereocenters. The molecule has 0 aliphatic carbocycles. The van der Waals surface area contributed by atoms with Crippen molar-refractivity contribution < 1.29 is 9.18 Å². The van der Waals surface area contributed by atoms with Crippen molar-refractivity contribution in [2.75, 3.05) is 25.0 Å². The lowest BCUT2D eigenvalue weighted by Gasteiger charge is -2.37. The van der Waals surface area contributed by atoms with Crippen LogP contribution in [0.1, 0.15) is 18.4 Å². The van der Waals surface area contributed by atoms with Gasteiger partial charge in [0.15, 0.2) is 0 Å². The Hall–Kier alpha value is -2.69. The van der Waals surface area contributed by atoms with Gasteiger partial charge in [0.25, 0.3) is 0 Å². The summed E-state index contributed by atoms with van der Waals surface area (Å²) in [6.07, 6.45) is 6.92. The maximum absolute atomic E-state index is 12.9. The Bertz CT molecular complexity index is 722. The summed E-state index contributed by atoms with van der Waals surface area (Å²) >= 11 is 0. The maximum atomic E-state index is 12.9. The zero-order valence-corrected chi connectivity index (χ0v) is 14.3. The summed E-state index contributed by atoms with van der Waals surface area (Å²) in [6, 6.07) is 12.2. The number of likely N-dealkylation sites (N-methyl/N-ethyl adjacent to an activating group) is 1. The largest absolute Gasteiger partial charge is 0.356 e. The highest BCUT2D eigenvalue weighted by atomic mass is 19.1. The highest BCUT2D eigenvalue weighted by Gasteiger charge is 2.24. The first-order chi connectivity index (χ1) is 12.1. The summed E-state index contributed by atoms with van der Waals surface area (Å²) in [4.78, 5) is 20.8. The Balaban J connectivity index is 1.54. The number of anilines is 1. The van der Waals surface area contributed by atoms with Crippen LogP contribution >= 0.6 is 0 Å². The fraction of sp³-hybridized carbons (Fsp3) is 0.300. The van der Waals surface area contributed by atoms with Gasteiger partial charge < -0.3 is 9.80 Å². The van der Waals surface area contributed by atoms with Crippen LogP contribution in [0, 0.1) is 5.82 Å². The predicted molar refractivity (Wildman–Crippen MR) is 97.7 cm³/mol. The molecule has 25 heavy (non-hydrogen) atoms. The van der Waals surface area contributed by atoms with Crippen molar-refractivity contribution in [1.29, 1.82) is 0 Å². The molecule has 3 rings (SSSR count). The summed E-state index contributed by atoms with van der Waals surface area (Å²) < 4.78 is 12.9. The van der Waals surface area contributed by atoms with E-state index >= 15 is 0 Å². The van der Waals surface area contributed by atoms with Crippen LogP contribution in [0.3, 0.4) is 0 Å². The van der Waals surface area contributed by atoms with Crippen LogP contribution in [0.15, 0.2) is 54.7 Å². The van der Waals surface area contributed by atoms with E-state index < -0.39 is 0 Å². The molecular weight excluding hydrogens is 317 g/mol. The summed E-state index contributed by atoms with van der Waals surface area (Å²) in [5.74, 6) is 0.687. The molecular formula is C20H22FN3O. The van der Waals surface area contributed by atoms with Gasteiger partial charge in [-0.15, -0.1) is 0 Å². The first kappa shape index (κ1) is 17.1. The van der Waals surface area contributed by atoms with E-state index in [1.165, 1.54) is 12.1 Å². The SMILES string of the molecule is CN(C(=O)/C=C/c1ccc(F)cc1)C1CCN(c2ccccn2)CC1. The van der Waals surface area contributed by atoms with Crippen LogP contribution < -0.4 is 4.90 Å². The minimum atomic E-state index is -0.278. The van der Waals surface area contributed by atoms with Gasteiger partial charge in [-0.3, -0.25) is 4.79 Å². The summed E-state index contributed by atoms with van der Waals surface area (Å²) in [5, 5.41) is 0. The lowest BCUT2D eigenvalue weighted by atomic mass is 10.0. The molecule has 0 saturated carbocycles. The number of carbonyl (C=O) groups is 1. The Labute approximate surface area is 147 Å². The zero-order valence-electron chi connectivity index (χ0n) is 14.3. The molecule has 1 fully saturated rings. The molecule has 1 aromatic heterocycles. The molecule has 1 aliphatic rings. The van der Waals surface area contributed by atoms with Gasteiger partial charge in [-0.2, -0.15) is 0 Å². The van der Waals surface area contributed by atoms with E-state index in [1.54, 1.807) is 35.4 Å². The van der Waals surface area contributed by atoms with Gasteiger partial charge in [0.1, 0.15) is 11.6 Å². The normalized spacial score (nSPS) is 15.5. The number of pyridine rings is 1. The third-order valence-electron chi connectivity index (χ3n) is 4.62. The van der Waals surface area contributed by atoms with Crippen molar-refractivity contribution in [3.05, 3.63) is 66.1 Å². The number of benzene rings is 1. The second-order valence-electron chi connectivity index (χ2n) is 6.24. The lowest BCUT2D eigenvalue weighted by Crippen LogP contribution is -2.45. The zero-order chi connectivity index (χ0) is 17.6. The molecule has 0 spiro atoms. The number of aromatic nitrogens is 1. The summed E-state index contributed by atoms with van der Waals surface area (Å²) in [5.41, 5.74) is 0.813. The number of nitrogens with zero attached hydrogens (tertiary/aromatic N) is 3. The fourth-order valence-electron chi connectivity index (χ4n) is 3.06. The Morgan fingerprint density at radius 3 is 2.56 bits per heavy atom. The standard InChI is InChI=1S/C20H22FN3O/c1-23(20(25)10-7-16-5-8-17(21)9-6-16)18-11-14-24(15-12-18)19-4-2-3-13-22-19/h2-10,13,18H,11-12,14-15H2,1H3/b10-7+. The van der Waals surface area contributed by atoms with Crippen molar-refractivity contribution in [2.24, 2.45) is 0 Å². The minimum Gasteiger partial charge on any atom is -0.356 e. The molecule has 130 valence electrons. The summed E-state index contributed by atoms with van der Waals surface area (Å²) in [6.45, 7) is 1.78. The number of piperidine rings is 1. The molecule has 0 radical (unpaired) electrons. The quantitative estimate of drug-likeness (QED) is 0.802. The molecule has 5 heteroatoms. The van der Waals surface area contributed by atoms with Crippen LogP contribution in [0.5, 0.6) is 0 Å². The van der Waals surface area contributed by atoms with Crippen molar-refractivity contribution in [1.82, 2.24) is 9.88 Å². The van der Waals surface area contributed by atoms with Crippen molar-refractivity contribution in [2.45, 2.75) is 18.9 Å². The van der Waals surface area contributed by atoms with Crippen LogP contribution in [0.4, 0.5) is 10.2 Å². The van der Waals surface area contributed by atoms with E-state index in [9.17, 15) is 9.18 Å². The summed E-state index contributed by atoms with van der Waals surface area (Å²) in [7, 11) is 1.85. The van der Waals surface area contributed by atoms with Gasteiger partial charge in [0.05, 0.1) is 0 Å². The molecule has 1 saturated heterocycles. The molecule has 1 aliphatic heterocycles. The van der Waals surface area contributed by atoms with Gasteiger partial charge in [-0.1, -0.05) is 18.2 Å². The molecule has 0 bridgehead atoms. The smallest absolute Gasteiger partial charge is 0.246 e. The van der Waals surface area contributed by atoms with E-state index in [-0.39, 0.29) is 17.8 Å². The van der Waals surface area contributed by atoms with E-state index in [2.05, 4.69) is 9.88 Å². The number of amides is 1. The van der Waals surface area contributed by atoms with Crippen LogP contribution in [-0.4, -0.2) is 42.0 Å². The Morgan fingerprint density at radius 1 is 1.20 bits per heavy atom. The number of halogens is 1. The molecule has 0 N–H and O–H groups in total. The Kier molecular flexibility index (Phi) is 5.43. The molecule has 1 amide bonds. The van der Waals surface area contributed by atoms with Crippen LogP contribution in [-0.2, 0) is 4.79 Å². The highest BCUT2D eigenvalue weighted by molar-refractivity contribution is 5.91. The number of hydrogen-bond acceptors (Lipinski definition) is 3. The topological polar surface area (TPSA) is 36.4 Å². The molecule has 2 heterocycles. The van der Waals surface area contributed by atoms with Gasteiger partial charge in [0.2, 0.25) is 5.91 Å². The second kappa shape index (κ2) is 7.92. The monoisotopic (exact) mass is 339 g/mol. The third kappa shape index (κ3) is 4.44. The molecule has 2 aromatic rings.